The Kier molecular flexibility index (Phi) is 10.2. The van der Waals surface area contributed by atoms with Crippen molar-refractivity contribution in [1.82, 2.24) is 0 Å². The zero-order chi connectivity index (χ0) is 38.7. The summed E-state index contributed by atoms with van der Waals surface area (Å²) in [5, 5.41) is 24.6. The fraction of sp³-hybridized carbons (Fsp3) is 0.550. The number of nitrogens with two attached hydrogens (primary N) is 1. The van der Waals surface area contributed by atoms with Crippen molar-refractivity contribution in [2.75, 3.05) is 20.8 Å². The molecule has 3 fully saturated rings. The van der Waals surface area contributed by atoms with E-state index >= 15 is 4.79 Å². The molecule has 0 aromatic heterocycles. The average Bonchev–Trinajstić information content (AvgIpc) is 3.13. The number of carbonyl (C=O) groups excluding carboxylic acids is 4. The molecule has 0 amide bonds. The van der Waals surface area contributed by atoms with Crippen molar-refractivity contribution in [1.29, 1.82) is 0 Å². The minimum Gasteiger partial charge on any atom is -0.456 e. The summed E-state index contributed by atoms with van der Waals surface area (Å²) in [6.45, 7) is 7.84. The van der Waals surface area contributed by atoms with Crippen LogP contribution in [0.15, 0.2) is 71.8 Å². The van der Waals surface area contributed by atoms with E-state index < -0.39 is 94.3 Å². The predicted molar refractivity (Wildman–Crippen MR) is 188 cm³/mol. The molecule has 0 spiro atoms. The van der Waals surface area contributed by atoms with Crippen molar-refractivity contribution in [3.05, 3.63) is 82.9 Å². The first-order valence-electron chi connectivity index (χ1n) is 17.8. The Morgan fingerprint density at radius 3 is 2.13 bits per heavy atom. The van der Waals surface area contributed by atoms with Gasteiger partial charge in [0.2, 0.25) is 0 Å². The summed E-state index contributed by atoms with van der Waals surface area (Å²) in [4.78, 5) is 56.1. The Hall–Kier alpha value is -3.98. The number of benzene rings is 2. The molecule has 13 nitrogen and oxygen atoms in total. The van der Waals surface area contributed by atoms with E-state index in [0.717, 1.165) is 0 Å². The summed E-state index contributed by atoms with van der Waals surface area (Å²) in [6.07, 6.45) is -7.80. The fourth-order valence-electron chi connectivity index (χ4n) is 9.50. The quantitative estimate of drug-likeness (QED) is 0.194. The highest BCUT2D eigenvalue weighted by molar-refractivity contribution is 5.94. The lowest BCUT2D eigenvalue weighted by atomic mass is 9.44. The number of aliphatic hydroxyl groups excluding tert-OH is 1. The van der Waals surface area contributed by atoms with Gasteiger partial charge in [-0.2, -0.15) is 0 Å². The fourth-order valence-corrected chi connectivity index (χ4v) is 9.50. The van der Waals surface area contributed by atoms with Gasteiger partial charge in [-0.1, -0.05) is 62.4 Å². The molecule has 6 rings (SSSR count). The third kappa shape index (κ3) is 5.92. The predicted octanol–water partition coefficient (Wildman–Crippen LogP) is 3.00. The standard InChI is InChI=1S/C40H49NO12/c1-21-25(51-36(46)30(43)29(41)23-14-10-8-11-15-23)19-40(47)34(52-35(45)24-16-12-9-13-17-24)32-38(5,33(44)31(49-7)28(21)37(40,3)4)26(48-6)18-27-39(32,20-50-27)53-22(2)42/h8-17,25-27,29-32,34,43,47H,18-20,41H2,1-7H3. The highest BCUT2D eigenvalue weighted by Crippen LogP contribution is 2.64. The monoisotopic (exact) mass is 735 g/mol. The molecule has 1 heterocycles. The van der Waals surface area contributed by atoms with Crippen LogP contribution in [-0.4, -0.2) is 103 Å². The number of fused-ring (bicyclic) bond motifs is 5. The van der Waals surface area contributed by atoms with Crippen LogP contribution in [0, 0.1) is 16.7 Å². The SMILES string of the molecule is COC1C(=O)C2(C)C(OC)CC3OCC3(OC(C)=O)C2C(OC(=O)c2ccccc2)C2(O)CC(OC(=O)C(O)C(N)c3ccccc3)C(C)=C1C2(C)C. The molecule has 1 aliphatic heterocycles. The number of hydrogen-bond acceptors (Lipinski definition) is 13. The molecule has 0 radical (unpaired) electrons. The highest BCUT2D eigenvalue weighted by atomic mass is 16.6. The first-order chi connectivity index (χ1) is 25.0. The Balaban J connectivity index is 1.56. The lowest BCUT2D eigenvalue weighted by Gasteiger charge is -2.67. The molecule has 2 bridgehead atoms. The van der Waals surface area contributed by atoms with Gasteiger partial charge in [0.1, 0.15) is 30.0 Å². The zero-order valence-corrected chi connectivity index (χ0v) is 31.1. The number of methoxy groups -OCH3 is 2. The number of esters is 3. The molecule has 4 aliphatic rings. The number of ether oxygens (including phenoxy) is 6. The zero-order valence-electron chi connectivity index (χ0n) is 31.1. The molecule has 53 heavy (non-hydrogen) atoms. The number of hydrogen-bond donors (Lipinski definition) is 3. The lowest BCUT2D eigenvalue weighted by Crippen LogP contribution is -2.82. The van der Waals surface area contributed by atoms with Crippen LogP contribution < -0.4 is 5.73 Å². The second-order valence-corrected chi connectivity index (χ2v) is 15.4. The topological polar surface area (TPSA) is 190 Å². The molecule has 4 N–H and O–H groups in total. The highest BCUT2D eigenvalue weighted by Gasteiger charge is 2.78. The van der Waals surface area contributed by atoms with Crippen LogP contribution in [0.2, 0.25) is 0 Å². The van der Waals surface area contributed by atoms with Gasteiger partial charge in [-0.15, -0.1) is 0 Å². The van der Waals surface area contributed by atoms with Gasteiger partial charge in [-0.25, -0.2) is 9.59 Å². The molecular formula is C40H49NO12. The molecule has 2 saturated carbocycles. The largest absolute Gasteiger partial charge is 0.456 e. The van der Waals surface area contributed by atoms with Gasteiger partial charge in [0, 0.05) is 39.4 Å². The normalized spacial score (nSPS) is 35.6. The number of aliphatic hydroxyl groups is 2. The maximum atomic E-state index is 15.4. The molecule has 11 atom stereocenters. The van der Waals surface area contributed by atoms with Crippen LogP contribution in [0.4, 0.5) is 0 Å². The van der Waals surface area contributed by atoms with Gasteiger partial charge in [0.15, 0.2) is 17.5 Å². The Morgan fingerprint density at radius 2 is 1.58 bits per heavy atom. The minimum atomic E-state index is -2.14. The van der Waals surface area contributed by atoms with Gasteiger partial charge >= 0.3 is 17.9 Å². The Labute approximate surface area is 308 Å². The van der Waals surface area contributed by atoms with Crippen LogP contribution >= 0.6 is 0 Å². The summed E-state index contributed by atoms with van der Waals surface area (Å²) in [5.41, 5.74) is 0.966. The van der Waals surface area contributed by atoms with Crippen molar-refractivity contribution in [3.63, 3.8) is 0 Å². The van der Waals surface area contributed by atoms with Crippen molar-refractivity contribution in [2.24, 2.45) is 22.5 Å². The van der Waals surface area contributed by atoms with Crippen LogP contribution in [-0.2, 0) is 42.8 Å². The van der Waals surface area contributed by atoms with E-state index in [1.807, 2.05) is 0 Å². The van der Waals surface area contributed by atoms with Gasteiger partial charge in [0.05, 0.1) is 35.6 Å². The third-order valence-electron chi connectivity index (χ3n) is 12.4. The van der Waals surface area contributed by atoms with Crippen LogP contribution in [0.5, 0.6) is 0 Å². The third-order valence-corrected chi connectivity index (χ3v) is 12.4. The van der Waals surface area contributed by atoms with Crippen LogP contribution in [0.3, 0.4) is 0 Å². The number of Topliss-reactive ketones (excluding diaryl/α,β-unsaturated/α-hetero) is 1. The molecular weight excluding hydrogens is 686 g/mol. The maximum Gasteiger partial charge on any atom is 0.338 e. The molecule has 13 heteroatoms. The summed E-state index contributed by atoms with van der Waals surface area (Å²) in [6, 6.07) is 15.6. The minimum absolute atomic E-state index is 0.151. The smallest absolute Gasteiger partial charge is 0.338 e. The molecule has 1 saturated heterocycles. The van der Waals surface area contributed by atoms with Gasteiger partial charge in [-0.3, -0.25) is 9.59 Å². The molecule has 2 aromatic rings. The Bertz CT molecular complexity index is 1780. The van der Waals surface area contributed by atoms with Crippen LogP contribution in [0.1, 0.15) is 69.4 Å². The molecule has 2 aromatic carbocycles. The van der Waals surface area contributed by atoms with E-state index in [1.54, 1.807) is 88.4 Å². The van der Waals surface area contributed by atoms with Crippen molar-refractivity contribution >= 4 is 23.7 Å². The maximum absolute atomic E-state index is 15.4. The van der Waals surface area contributed by atoms with Crippen molar-refractivity contribution in [3.8, 4) is 0 Å². The second kappa shape index (κ2) is 14.0. The van der Waals surface area contributed by atoms with Crippen molar-refractivity contribution < 1.29 is 57.8 Å². The van der Waals surface area contributed by atoms with Gasteiger partial charge in [-0.05, 0) is 42.7 Å². The molecule has 3 aliphatic carbocycles. The lowest BCUT2D eigenvalue weighted by molar-refractivity contribution is -0.347. The van der Waals surface area contributed by atoms with Crippen LogP contribution in [0.25, 0.3) is 0 Å². The number of rotatable bonds is 9. The van der Waals surface area contributed by atoms with Crippen molar-refractivity contribution in [2.45, 2.75) is 101 Å². The van der Waals surface area contributed by atoms with E-state index in [9.17, 15) is 24.6 Å². The van der Waals surface area contributed by atoms with Gasteiger partial charge < -0.3 is 44.4 Å². The summed E-state index contributed by atoms with van der Waals surface area (Å²) in [5.74, 6) is -4.26. The van der Waals surface area contributed by atoms with E-state index in [-0.39, 0.29) is 25.0 Å². The first-order valence-corrected chi connectivity index (χ1v) is 17.8. The molecule has 11 unspecified atom stereocenters. The number of carbonyl (C=O) groups is 4. The second-order valence-electron chi connectivity index (χ2n) is 15.4. The summed E-state index contributed by atoms with van der Waals surface area (Å²) >= 11 is 0. The average molecular weight is 736 g/mol. The first kappa shape index (κ1) is 38.7. The van der Waals surface area contributed by atoms with Gasteiger partial charge in [0.25, 0.3) is 0 Å². The van der Waals surface area contributed by atoms with E-state index in [0.29, 0.717) is 16.7 Å². The van der Waals surface area contributed by atoms with E-state index in [4.69, 9.17) is 34.2 Å². The summed E-state index contributed by atoms with van der Waals surface area (Å²) in [7, 11) is 2.82. The Morgan fingerprint density at radius 1 is 0.962 bits per heavy atom. The summed E-state index contributed by atoms with van der Waals surface area (Å²) < 4.78 is 36.6. The molecule has 286 valence electrons. The van der Waals surface area contributed by atoms with E-state index in [2.05, 4.69) is 0 Å². The van der Waals surface area contributed by atoms with E-state index in [1.165, 1.54) is 21.1 Å². The number of ketones is 1.